The molecular formula is C8H11. The summed E-state index contributed by atoms with van der Waals surface area (Å²) in [5.41, 5.74) is 0.161. The van der Waals surface area contributed by atoms with E-state index in [0.717, 1.165) is 6.42 Å². The van der Waals surface area contributed by atoms with Gasteiger partial charge in [-0.05, 0) is 18.8 Å². The lowest BCUT2D eigenvalue weighted by atomic mass is 9.86. The maximum Gasteiger partial charge on any atom is -0.0109 e. The topological polar surface area (TPSA) is 0 Å². The van der Waals surface area contributed by atoms with Crippen LogP contribution in [0.15, 0.2) is 24.3 Å². The largest absolute Gasteiger partial charge is 0.0837 e. The standard InChI is InChI=1S/C8H11/c1-8(2)6-4-3-5-7-8/h3-6H,1,7H2,2H3/t8-/m1/s1. The molecule has 0 nitrogen and oxygen atoms in total. The molecule has 0 N–H and O–H groups in total. The van der Waals surface area contributed by atoms with Gasteiger partial charge < -0.3 is 0 Å². The minimum Gasteiger partial charge on any atom is -0.0837 e. The highest BCUT2D eigenvalue weighted by Crippen LogP contribution is 2.24. The van der Waals surface area contributed by atoms with Gasteiger partial charge in [-0.25, -0.2) is 0 Å². The van der Waals surface area contributed by atoms with Gasteiger partial charge in [-0.15, -0.1) is 0 Å². The molecule has 8 heavy (non-hydrogen) atoms. The van der Waals surface area contributed by atoms with Crippen LogP contribution in [0.4, 0.5) is 0 Å². The van der Waals surface area contributed by atoms with Gasteiger partial charge in [-0.2, -0.15) is 0 Å². The quantitative estimate of drug-likeness (QED) is 0.445. The maximum absolute atomic E-state index is 3.99. The van der Waals surface area contributed by atoms with Crippen molar-refractivity contribution in [1.29, 1.82) is 0 Å². The van der Waals surface area contributed by atoms with E-state index in [1.807, 2.05) is 0 Å². The van der Waals surface area contributed by atoms with E-state index in [2.05, 4.69) is 38.2 Å². The van der Waals surface area contributed by atoms with Gasteiger partial charge in [0.2, 0.25) is 0 Å². The summed E-state index contributed by atoms with van der Waals surface area (Å²) >= 11 is 0. The lowest BCUT2D eigenvalue weighted by molar-refractivity contribution is 0.551. The molecule has 0 aromatic heterocycles. The number of rotatable bonds is 0. The molecule has 1 atom stereocenters. The molecule has 0 aliphatic heterocycles. The molecule has 0 heterocycles. The normalized spacial score (nSPS) is 23.8. The molecule has 1 aliphatic carbocycles. The van der Waals surface area contributed by atoms with E-state index in [-0.39, 0.29) is 5.41 Å². The van der Waals surface area contributed by atoms with Crippen LogP contribution in [-0.4, -0.2) is 0 Å². The summed E-state index contributed by atoms with van der Waals surface area (Å²) in [7, 11) is 0. The fraction of sp³-hybridized carbons (Fsp3) is 0.375. The summed E-state index contributed by atoms with van der Waals surface area (Å²) < 4.78 is 0. The lowest BCUT2D eigenvalue weighted by Gasteiger charge is -2.18. The third kappa shape index (κ3) is 1.22. The van der Waals surface area contributed by atoms with Crippen LogP contribution in [0.2, 0.25) is 0 Å². The summed E-state index contributed by atoms with van der Waals surface area (Å²) in [4.78, 5) is 0. The SMILES string of the molecule is [CH2][C@@]1(C)C=CC=CC1. The van der Waals surface area contributed by atoms with Crippen molar-refractivity contribution in [3.05, 3.63) is 31.2 Å². The van der Waals surface area contributed by atoms with E-state index in [1.165, 1.54) is 0 Å². The van der Waals surface area contributed by atoms with Crippen LogP contribution in [0.25, 0.3) is 0 Å². The van der Waals surface area contributed by atoms with Gasteiger partial charge in [0, 0.05) is 0 Å². The molecule has 43 valence electrons. The molecule has 0 saturated heterocycles. The zero-order valence-electron chi connectivity index (χ0n) is 5.22. The summed E-state index contributed by atoms with van der Waals surface area (Å²) in [6.07, 6.45) is 9.47. The van der Waals surface area contributed by atoms with Gasteiger partial charge in [0.05, 0.1) is 0 Å². The lowest BCUT2D eigenvalue weighted by Crippen LogP contribution is -2.07. The zero-order valence-corrected chi connectivity index (χ0v) is 5.22. The number of allylic oxidation sites excluding steroid dienone is 4. The van der Waals surface area contributed by atoms with Gasteiger partial charge in [-0.3, -0.25) is 0 Å². The first-order valence-electron chi connectivity index (χ1n) is 2.90. The fourth-order valence-electron chi connectivity index (χ4n) is 0.772. The Morgan fingerprint density at radius 3 is 2.50 bits per heavy atom. The van der Waals surface area contributed by atoms with E-state index in [0.29, 0.717) is 0 Å². The predicted octanol–water partition coefficient (Wildman–Crippen LogP) is 2.34. The Bertz CT molecular complexity index is 127. The van der Waals surface area contributed by atoms with Crippen LogP contribution in [-0.2, 0) is 0 Å². The van der Waals surface area contributed by atoms with E-state index in [9.17, 15) is 0 Å². The van der Waals surface area contributed by atoms with Crippen LogP contribution in [0.3, 0.4) is 0 Å². The predicted molar refractivity (Wildman–Crippen MR) is 36.4 cm³/mol. The molecule has 0 bridgehead atoms. The van der Waals surface area contributed by atoms with Crippen molar-refractivity contribution < 1.29 is 0 Å². The highest BCUT2D eigenvalue weighted by atomic mass is 14.2. The maximum atomic E-state index is 3.99. The Morgan fingerprint density at radius 1 is 1.50 bits per heavy atom. The average molecular weight is 107 g/mol. The Hall–Kier alpha value is -0.520. The Morgan fingerprint density at radius 2 is 2.25 bits per heavy atom. The molecule has 0 fully saturated rings. The second-order valence-corrected chi connectivity index (χ2v) is 2.65. The molecule has 1 aliphatic rings. The van der Waals surface area contributed by atoms with E-state index >= 15 is 0 Å². The van der Waals surface area contributed by atoms with Crippen molar-refractivity contribution in [2.24, 2.45) is 5.41 Å². The highest BCUT2D eigenvalue weighted by Gasteiger charge is 2.12. The molecule has 0 spiro atoms. The van der Waals surface area contributed by atoms with Crippen LogP contribution < -0.4 is 0 Å². The van der Waals surface area contributed by atoms with Crippen molar-refractivity contribution in [3.8, 4) is 0 Å². The van der Waals surface area contributed by atoms with Crippen molar-refractivity contribution >= 4 is 0 Å². The molecule has 0 unspecified atom stereocenters. The molecular weight excluding hydrogens is 96.1 g/mol. The van der Waals surface area contributed by atoms with Crippen LogP contribution >= 0.6 is 0 Å². The number of hydrogen-bond acceptors (Lipinski definition) is 0. The van der Waals surface area contributed by atoms with Gasteiger partial charge in [-0.1, -0.05) is 31.2 Å². The van der Waals surface area contributed by atoms with Crippen molar-refractivity contribution in [3.63, 3.8) is 0 Å². The van der Waals surface area contributed by atoms with Crippen molar-refractivity contribution in [1.82, 2.24) is 0 Å². The summed E-state index contributed by atoms with van der Waals surface area (Å²) in [6, 6.07) is 0. The molecule has 0 aromatic rings. The molecule has 1 radical (unpaired) electrons. The summed E-state index contributed by atoms with van der Waals surface area (Å²) in [5, 5.41) is 0. The van der Waals surface area contributed by atoms with Crippen molar-refractivity contribution in [2.45, 2.75) is 13.3 Å². The molecule has 0 aromatic carbocycles. The third-order valence-electron chi connectivity index (χ3n) is 1.33. The van der Waals surface area contributed by atoms with E-state index in [4.69, 9.17) is 0 Å². The second-order valence-electron chi connectivity index (χ2n) is 2.65. The van der Waals surface area contributed by atoms with E-state index < -0.39 is 0 Å². The summed E-state index contributed by atoms with van der Waals surface area (Å²) in [6.45, 7) is 6.12. The Kier molecular flexibility index (Phi) is 1.24. The molecule has 1 rings (SSSR count). The second kappa shape index (κ2) is 1.77. The first-order chi connectivity index (χ1) is 3.71. The highest BCUT2D eigenvalue weighted by molar-refractivity contribution is 5.16. The Balaban J connectivity index is 2.65. The minimum atomic E-state index is 0.161. The molecule has 0 saturated carbocycles. The smallest absolute Gasteiger partial charge is 0.0109 e. The van der Waals surface area contributed by atoms with Gasteiger partial charge >= 0.3 is 0 Å². The Labute approximate surface area is 50.9 Å². The third-order valence-corrected chi connectivity index (χ3v) is 1.33. The van der Waals surface area contributed by atoms with Crippen LogP contribution in [0.5, 0.6) is 0 Å². The minimum absolute atomic E-state index is 0.161. The van der Waals surface area contributed by atoms with Gasteiger partial charge in [0.25, 0.3) is 0 Å². The van der Waals surface area contributed by atoms with Gasteiger partial charge in [0.15, 0.2) is 0 Å². The van der Waals surface area contributed by atoms with Crippen LogP contribution in [0, 0.1) is 12.3 Å². The first-order valence-corrected chi connectivity index (χ1v) is 2.90. The fourth-order valence-corrected chi connectivity index (χ4v) is 0.772. The van der Waals surface area contributed by atoms with Gasteiger partial charge in [0.1, 0.15) is 0 Å². The number of hydrogen-bond donors (Lipinski definition) is 0. The molecule has 0 heteroatoms. The first kappa shape index (κ1) is 5.61. The van der Waals surface area contributed by atoms with E-state index in [1.54, 1.807) is 0 Å². The zero-order chi connectivity index (χ0) is 6.04. The monoisotopic (exact) mass is 107 g/mol. The van der Waals surface area contributed by atoms with Crippen molar-refractivity contribution in [2.75, 3.05) is 0 Å². The molecule has 0 amide bonds. The summed E-state index contributed by atoms with van der Waals surface area (Å²) in [5.74, 6) is 0. The van der Waals surface area contributed by atoms with Crippen LogP contribution in [0.1, 0.15) is 13.3 Å². The average Bonchev–Trinajstić information content (AvgIpc) is 1.65.